The topological polar surface area (TPSA) is 41.1 Å². The lowest BCUT2D eigenvalue weighted by Crippen LogP contribution is -2.56. The fraction of sp³-hybridized carbons (Fsp3) is 0.533. The van der Waals surface area contributed by atoms with Gasteiger partial charge >= 0.3 is 0 Å². The first-order valence-corrected chi connectivity index (χ1v) is 7.63. The molecule has 3 nitrogen and oxygen atoms in total. The van der Waals surface area contributed by atoms with Crippen molar-refractivity contribution in [1.82, 2.24) is 10.6 Å². The zero-order valence-corrected chi connectivity index (χ0v) is 14.3. The first-order chi connectivity index (χ1) is 9.06. The summed E-state index contributed by atoms with van der Waals surface area (Å²) in [5.74, 6) is 0.639. The van der Waals surface area contributed by atoms with Gasteiger partial charge in [0.1, 0.15) is 0 Å². The summed E-state index contributed by atoms with van der Waals surface area (Å²) in [5.41, 5.74) is 1.05. The van der Waals surface area contributed by atoms with Crippen LogP contribution in [0.1, 0.15) is 25.8 Å². The van der Waals surface area contributed by atoms with E-state index >= 15 is 0 Å². The molecule has 20 heavy (non-hydrogen) atoms. The van der Waals surface area contributed by atoms with Crippen molar-refractivity contribution in [3.63, 3.8) is 0 Å². The van der Waals surface area contributed by atoms with E-state index in [1.165, 1.54) is 0 Å². The van der Waals surface area contributed by atoms with Gasteiger partial charge in [-0.3, -0.25) is 4.79 Å². The summed E-state index contributed by atoms with van der Waals surface area (Å²) in [7, 11) is 0. The molecule has 1 aromatic rings. The minimum Gasteiger partial charge on any atom is -0.351 e. The largest absolute Gasteiger partial charge is 0.351 e. The zero-order chi connectivity index (χ0) is 13.8. The molecule has 1 aliphatic rings. The zero-order valence-electron chi connectivity index (χ0n) is 11.9. The van der Waals surface area contributed by atoms with Crippen molar-refractivity contribution in [3.05, 3.63) is 34.3 Å². The normalized spacial score (nSPS) is 25.6. The smallest absolute Gasteiger partial charge is 0.224 e. The van der Waals surface area contributed by atoms with Crippen molar-refractivity contribution >= 4 is 34.2 Å². The maximum atomic E-state index is 12.1. The number of benzene rings is 1. The van der Waals surface area contributed by atoms with Gasteiger partial charge in [0.15, 0.2) is 0 Å². The lowest BCUT2D eigenvalue weighted by molar-refractivity contribution is -0.121. The summed E-state index contributed by atoms with van der Waals surface area (Å²) >= 11 is 3.40. The van der Waals surface area contributed by atoms with Gasteiger partial charge in [0.2, 0.25) is 5.91 Å². The van der Waals surface area contributed by atoms with Crippen molar-refractivity contribution in [2.75, 3.05) is 6.54 Å². The van der Waals surface area contributed by atoms with Crippen LogP contribution in [0.25, 0.3) is 0 Å². The Balaban J connectivity index is 0.00000200. The van der Waals surface area contributed by atoms with Crippen molar-refractivity contribution in [2.45, 2.75) is 38.8 Å². The molecule has 5 heteroatoms. The first kappa shape index (κ1) is 17.5. The van der Waals surface area contributed by atoms with E-state index in [1.807, 2.05) is 24.3 Å². The van der Waals surface area contributed by atoms with Crippen LogP contribution in [0.15, 0.2) is 28.7 Å². The number of nitrogens with one attached hydrogen (secondary N) is 2. The minimum absolute atomic E-state index is 0. The van der Waals surface area contributed by atoms with Gasteiger partial charge in [-0.05, 0) is 43.5 Å². The molecule has 1 saturated heterocycles. The number of hydrogen-bond donors (Lipinski definition) is 2. The van der Waals surface area contributed by atoms with Crippen LogP contribution in [0, 0.1) is 5.92 Å². The van der Waals surface area contributed by atoms with Gasteiger partial charge in [-0.25, -0.2) is 0 Å². The Morgan fingerprint density at radius 2 is 2.00 bits per heavy atom. The van der Waals surface area contributed by atoms with E-state index in [4.69, 9.17) is 0 Å². The van der Waals surface area contributed by atoms with Crippen LogP contribution in [0.5, 0.6) is 0 Å². The van der Waals surface area contributed by atoms with E-state index in [0.717, 1.165) is 23.0 Å². The van der Waals surface area contributed by atoms with E-state index < -0.39 is 0 Å². The SMILES string of the molecule is CC1CCNC(C)C1NC(=O)Cc1ccc(Br)cc1.Cl. The predicted octanol–water partition coefficient (Wildman–Crippen LogP) is 2.92. The molecule has 0 saturated carbocycles. The lowest BCUT2D eigenvalue weighted by Gasteiger charge is -2.36. The van der Waals surface area contributed by atoms with Gasteiger partial charge in [-0.15, -0.1) is 12.4 Å². The quantitative estimate of drug-likeness (QED) is 0.869. The molecule has 0 spiro atoms. The fourth-order valence-corrected chi connectivity index (χ4v) is 2.89. The molecule has 3 atom stereocenters. The van der Waals surface area contributed by atoms with Crippen LogP contribution >= 0.6 is 28.3 Å². The summed E-state index contributed by atoms with van der Waals surface area (Å²) < 4.78 is 1.04. The molecule has 3 unspecified atom stereocenters. The van der Waals surface area contributed by atoms with Crippen LogP contribution in [0.3, 0.4) is 0 Å². The van der Waals surface area contributed by atoms with Crippen LogP contribution < -0.4 is 10.6 Å². The van der Waals surface area contributed by atoms with Crippen molar-refractivity contribution in [3.8, 4) is 0 Å². The Labute approximate surface area is 135 Å². The highest BCUT2D eigenvalue weighted by Gasteiger charge is 2.28. The second-order valence-electron chi connectivity index (χ2n) is 5.41. The molecule has 1 heterocycles. The number of carbonyl (C=O) groups excluding carboxylic acids is 1. The van der Waals surface area contributed by atoms with Gasteiger partial charge in [0.05, 0.1) is 6.42 Å². The summed E-state index contributed by atoms with van der Waals surface area (Å²) in [5, 5.41) is 6.59. The average molecular weight is 362 g/mol. The second-order valence-corrected chi connectivity index (χ2v) is 6.32. The van der Waals surface area contributed by atoms with E-state index in [-0.39, 0.29) is 24.4 Å². The molecule has 0 radical (unpaired) electrons. The summed E-state index contributed by atoms with van der Waals surface area (Å²) in [4.78, 5) is 12.1. The number of piperidine rings is 1. The Morgan fingerprint density at radius 1 is 1.35 bits per heavy atom. The lowest BCUT2D eigenvalue weighted by atomic mass is 9.89. The van der Waals surface area contributed by atoms with Crippen molar-refractivity contribution in [2.24, 2.45) is 5.92 Å². The van der Waals surface area contributed by atoms with E-state index in [9.17, 15) is 4.79 Å². The maximum absolute atomic E-state index is 12.1. The summed E-state index contributed by atoms with van der Waals surface area (Å²) in [6, 6.07) is 8.48. The molecular weight excluding hydrogens is 340 g/mol. The Morgan fingerprint density at radius 3 is 2.60 bits per heavy atom. The molecular formula is C15H22BrClN2O. The molecule has 1 fully saturated rings. The standard InChI is InChI=1S/C15H21BrN2O.ClH/c1-10-7-8-17-11(2)15(10)18-14(19)9-12-3-5-13(16)6-4-12;/h3-6,10-11,15,17H,7-9H2,1-2H3,(H,18,19);1H. The number of carbonyl (C=O) groups is 1. The molecule has 2 N–H and O–H groups in total. The van der Waals surface area contributed by atoms with Crippen LogP contribution in [0.4, 0.5) is 0 Å². The maximum Gasteiger partial charge on any atom is 0.224 e. The third-order valence-electron chi connectivity index (χ3n) is 3.82. The Kier molecular flexibility index (Phi) is 7.00. The monoisotopic (exact) mass is 360 g/mol. The van der Waals surface area contributed by atoms with Gasteiger partial charge in [0.25, 0.3) is 0 Å². The Bertz CT molecular complexity index is 428. The summed E-state index contributed by atoms with van der Waals surface area (Å²) in [6.45, 7) is 5.39. The fourth-order valence-electron chi connectivity index (χ4n) is 2.63. The first-order valence-electron chi connectivity index (χ1n) is 6.83. The number of rotatable bonds is 3. The minimum atomic E-state index is 0. The molecule has 2 rings (SSSR count). The second kappa shape index (κ2) is 8.01. The molecule has 0 bridgehead atoms. The third kappa shape index (κ3) is 4.76. The van der Waals surface area contributed by atoms with Gasteiger partial charge in [-0.2, -0.15) is 0 Å². The van der Waals surface area contributed by atoms with Gasteiger partial charge in [0, 0.05) is 16.6 Å². The highest BCUT2D eigenvalue weighted by atomic mass is 79.9. The Hall–Kier alpha value is -0.580. The number of amides is 1. The predicted molar refractivity (Wildman–Crippen MR) is 88.3 cm³/mol. The number of hydrogen-bond acceptors (Lipinski definition) is 2. The third-order valence-corrected chi connectivity index (χ3v) is 4.35. The average Bonchev–Trinajstić information content (AvgIpc) is 2.37. The number of halogens is 2. The molecule has 1 amide bonds. The molecule has 112 valence electrons. The van der Waals surface area contributed by atoms with E-state index in [1.54, 1.807) is 0 Å². The molecule has 1 aromatic carbocycles. The van der Waals surface area contributed by atoms with E-state index in [2.05, 4.69) is 40.4 Å². The highest BCUT2D eigenvalue weighted by molar-refractivity contribution is 9.10. The van der Waals surface area contributed by atoms with Gasteiger partial charge in [-0.1, -0.05) is 35.0 Å². The molecule has 1 aliphatic heterocycles. The van der Waals surface area contributed by atoms with Crippen LogP contribution in [-0.4, -0.2) is 24.5 Å². The van der Waals surface area contributed by atoms with Crippen LogP contribution in [-0.2, 0) is 11.2 Å². The van der Waals surface area contributed by atoms with E-state index in [0.29, 0.717) is 18.4 Å². The summed E-state index contributed by atoms with van der Waals surface area (Å²) in [6.07, 6.45) is 1.57. The van der Waals surface area contributed by atoms with Crippen molar-refractivity contribution in [1.29, 1.82) is 0 Å². The van der Waals surface area contributed by atoms with Crippen LogP contribution in [0.2, 0.25) is 0 Å². The molecule has 0 aromatic heterocycles. The molecule has 0 aliphatic carbocycles. The van der Waals surface area contributed by atoms with Gasteiger partial charge < -0.3 is 10.6 Å². The van der Waals surface area contributed by atoms with Crippen molar-refractivity contribution < 1.29 is 4.79 Å². The highest BCUT2D eigenvalue weighted by Crippen LogP contribution is 2.16.